The maximum Gasteiger partial charge on any atom is 0.0763 e. The van der Waals surface area contributed by atoms with Gasteiger partial charge in [0.1, 0.15) is 0 Å². The zero-order valence-electron chi connectivity index (χ0n) is 8.96. The first kappa shape index (κ1) is 10.9. The van der Waals surface area contributed by atoms with Crippen LogP contribution in [0.25, 0.3) is 0 Å². The van der Waals surface area contributed by atoms with Gasteiger partial charge in [-0.25, -0.2) is 0 Å². The summed E-state index contributed by atoms with van der Waals surface area (Å²) >= 11 is 0. The second kappa shape index (κ2) is 3.88. The lowest BCUT2D eigenvalue weighted by Gasteiger charge is -2.18. The van der Waals surface area contributed by atoms with Gasteiger partial charge in [-0.15, -0.1) is 0 Å². The van der Waals surface area contributed by atoms with Gasteiger partial charge in [0.15, 0.2) is 0 Å². The number of benzene rings is 1. The van der Waals surface area contributed by atoms with Gasteiger partial charge < -0.3 is 16.2 Å². The molecule has 3 heteroatoms. The third-order valence-electron chi connectivity index (χ3n) is 2.00. The van der Waals surface area contributed by atoms with Gasteiger partial charge in [-0.05, 0) is 38.5 Å². The van der Waals surface area contributed by atoms with Crippen molar-refractivity contribution >= 4 is 11.4 Å². The molecule has 1 aromatic carbocycles. The van der Waals surface area contributed by atoms with E-state index in [1.54, 1.807) is 13.8 Å². The molecule has 0 unspecified atom stereocenters. The van der Waals surface area contributed by atoms with Gasteiger partial charge >= 0.3 is 0 Å². The van der Waals surface area contributed by atoms with Crippen molar-refractivity contribution in [1.82, 2.24) is 0 Å². The number of aryl methyl sites for hydroxylation is 1. The lowest BCUT2D eigenvalue weighted by molar-refractivity contribution is 0.0945. The molecule has 1 aromatic rings. The Labute approximate surface area is 84.9 Å². The van der Waals surface area contributed by atoms with Crippen molar-refractivity contribution in [1.29, 1.82) is 0 Å². The Bertz CT molecular complexity index is 316. The molecule has 0 aromatic heterocycles. The van der Waals surface area contributed by atoms with E-state index in [0.717, 1.165) is 16.9 Å². The molecule has 0 saturated carbocycles. The highest BCUT2D eigenvalue weighted by molar-refractivity contribution is 5.58. The molecular formula is C11H18N2O. The van der Waals surface area contributed by atoms with E-state index in [-0.39, 0.29) is 0 Å². The van der Waals surface area contributed by atoms with E-state index in [9.17, 15) is 5.11 Å². The van der Waals surface area contributed by atoms with E-state index >= 15 is 0 Å². The number of hydrogen-bond donors (Lipinski definition) is 3. The number of anilines is 2. The molecule has 0 heterocycles. The molecule has 1 rings (SSSR count). The summed E-state index contributed by atoms with van der Waals surface area (Å²) in [6.45, 7) is 6.00. The molecular weight excluding hydrogens is 176 g/mol. The summed E-state index contributed by atoms with van der Waals surface area (Å²) in [5.41, 5.74) is 7.83. The minimum atomic E-state index is -0.709. The molecule has 0 saturated heterocycles. The van der Waals surface area contributed by atoms with Crippen LogP contribution in [-0.2, 0) is 0 Å². The highest BCUT2D eigenvalue weighted by atomic mass is 16.3. The van der Waals surface area contributed by atoms with Crippen LogP contribution in [0.4, 0.5) is 11.4 Å². The van der Waals surface area contributed by atoms with E-state index in [2.05, 4.69) is 5.32 Å². The Hall–Kier alpha value is -1.22. The number of rotatable bonds is 3. The number of nitrogens with one attached hydrogen (secondary N) is 1. The normalized spacial score (nSPS) is 11.4. The van der Waals surface area contributed by atoms with Crippen molar-refractivity contribution in [2.75, 3.05) is 17.6 Å². The third kappa shape index (κ3) is 3.26. The predicted octanol–water partition coefficient (Wildman–Crippen LogP) is 1.76. The van der Waals surface area contributed by atoms with Crippen molar-refractivity contribution < 1.29 is 5.11 Å². The largest absolute Gasteiger partial charge is 0.398 e. The summed E-state index contributed by atoms with van der Waals surface area (Å²) < 4.78 is 0. The van der Waals surface area contributed by atoms with Gasteiger partial charge in [0.2, 0.25) is 0 Å². The summed E-state index contributed by atoms with van der Waals surface area (Å²) in [6, 6.07) is 5.79. The predicted molar refractivity (Wildman–Crippen MR) is 60.4 cm³/mol. The molecule has 0 aliphatic heterocycles. The van der Waals surface area contributed by atoms with Crippen LogP contribution in [0.15, 0.2) is 18.2 Å². The number of aliphatic hydroxyl groups is 1. The monoisotopic (exact) mass is 194 g/mol. The number of nitrogens with two attached hydrogens (primary N) is 1. The maximum atomic E-state index is 9.51. The fourth-order valence-corrected chi connectivity index (χ4v) is 1.07. The van der Waals surface area contributed by atoms with Crippen molar-refractivity contribution in [2.45, 2.75) is 26.4 Å². The first-order valence-corrected chi connectivity index (χ1v) is 4.71. The Morgan fingerprint density at radius 1 is 1.43 bits per heavy atom. The Kier molecular flexibility index (Phi) is 3.01. The fraction of sp³-hybridized carbons (Fsp3) is 0.455. The molecule has 0 aliphatic carbocycles. The summed E-state index contributed by atoms with van der Waals surface area (Å²) in [5, 5.41) is 12.6. The molecule has 14 heavy (non-hydrogen) atoms. The lowest BCUT2D eigenvalue weighted by Crippen LogP contribution is -2.29. The SMILES string of the molecule is Cc1ccc(NCC(C)(C)O)cc1N. The molecule has 0 fully saturated rings. The summed E-state index contributed by atoms with van der Waals surface area (Å²) in [7, 11) is 0. The van der Waals surface area contributed by atoms with Gasteiger partial charge in [-0.1, -0.05) is 6.07 Å². The smallest absolute Gasteiger partial charge is 0.0763 e. The molecule has 0 spiro atoms. The molecule has 78 valence electrons. The zero-order valence-corrected chi connectivity index (χ0v) is 8.96. The molecule has 0 amide bonds. The first-order valence-electron chi connectivity index (χ1n) is 4.71. The third-order valence-corrected chi connectivity index (χ3v) is 2.00. The van der Waals surface area contributed by atoms with E-state index < -0.39 is 5.60 Å². The minimum Gasteiger partial charge on any atom is -0.398 e. The highest BCUT2D eigenvalue weighted by Gasteiger charge is 2.11. The minimum absolute atomic E-state index is 0.509. The van der Waals surface area contributed by atoms with Gasteiger partial charge in [-0.2, -0.15) is 0 Å². The Morgan fingerprint density at radius 3 is 2.57 bits per heavy atom. The van der Waals surface area contributed by atoms with Crippen LogP contribution in [0.1, 0.15) is 19.4 Å². The van der Waals surface area contributed by atoms with Crippen molar-refractivity contribution in [3.05, 3.63) is 23.8 Å². The van der Waals surface area contributed by atoms with Crippen molar-refractivity contribution in [3.8, 4) is 0 Å². The fourth-order valence-electron chi connectivity index (χ4n) is 1.07. The van der Waals surface area contributed by atoms with Crippen molar-refractivity contribution in [2.24, 2.45) is 0 Å². The van der Waals surface area contributed by atoms with Crippen LogP contribution < -0.4 is 11.1 Å². The van der Waals surface area contributed by atoms with Gasteiger partial charge in [-0.3, -0.25) is 0 Å². The standard InChI is InChI=1S/C11H18N2O/c1-8-4-5-9(6-10(8)12)13-7-11(2,3)14/h4-6,13-14H,7,12H2,1-3H3. The Morgan fingerprint density at radius 2 is 2.07 bits per heavy atom. The summed E-state index contributed by atoms with van der Waals surface area (Å²) in [4.78, 5) is 0. The van der Waals surface area contributed by atoms with E-state index in [0.29, 0.717) is 6.54 Å². The lowest BCUT2D eigenvalue weighted by atomic mass is 10.1. The number of hydrogen-bond acceptors (Lipinski definition) is 3. The van der Waals surface area contributed by atoms with Gasteiger partial charge in [0.25, 0.3) is 0 Å². The van der Waals surface area contributed by atoms with Crippen molar-refractivity contribution in [3.63, 3.8) is 0 Å². The number of nitrogen functional groups attached to an aromatic ring is 1. The van der Waals surface area contributed by atoms with E-state index in [1.807, 2.05) is 25.1 Å². The van der Waals surface area contributed by atoms with Crippen LogP contribution in [0.5, 0.6) is 0 Å². The molecule has 4 N–H and O–H groups in total. The van der Waals surface area contributed by atoms with E-state index in [1.165, 1.54) is 0 Å². The second-order valence-corrected chi connectivity index (χ2v) is 4.24. The molecule has 0 atom stereocenters. The van der Waals surface area contributed by atoms with Gasteiger partial charge in [0, 0.05) is 17.9 Å². The zero-order chi connectivity index (χ0) is 10.8. The molecule has 0 aliphatic rings. The molecule has 0 radical (unpaired) electrons. The van der Waals surface area contributed by atoms with E-state index in [4.69, 9.17) is 5.73 Å². The summed E-state index contributed by atoms with van der Waals surface area (Å²) in [6.07, 6.45) is 0. The van der Waals surface area contributed by atoms with Gasteiger partial charge in [0.05, 0.1) is 5.60 Å². The molecule has 0 bridgehead atoms. The van der Waals surface area contributed by atoms with Crippen LogP contribution in [0.2, 0.25) is 0 Å². The highest BCUT2D eigenvalue weighted by Crippen LogP contribution is 2.17. The van der Waals surface area contributed by atoms with Crippen LogP contribution in [-0.4, -0.2) is 17.3 Å². The van der Waals surface area contributed by atoms with Crippen LogP contribution in [0.3, 0.4) is 0 Å². The Balaban J connectivity index is 2.65. The average Bonchev–Trinajstić information content (AvgIpc) is 2.06. The van der Waals surface area contributed by atoms with Crippen LogP contribution >= 0.6 is 0 Å². The van der Waals surface area contributed by atoms with Crippen LogP contribution in [0, 0.1) is 6.92 Å². The first-order chi connectivity index (χ1) is 6.38. The topological polar surface area (TPSA) is 58.3 Å². The summed E-state index contributed by atoms with van der Waals surface area (Å²) in [5.74, 6) is 0. The molecule has 3 nitrogen and oxygen atoms in total. The maximum absolute atomic E-state index is 9.51. The quantitative estimate of drug-likeness (QED) is 0.643. The second-order valence-electron chi connectivity index (χ2n) is 4.24. The average molecular weight is 194 g/mol.